The van der Waals surface area contributed by atoms with Gasteiger partial charge in [-0.15, -0.1) is 0 Å². The Morgan fingerprint density at radius 3 is 2.18 bits per heavy atom. The summed E-state index contributed by atoms with van der Waals surface area (Å²) in [5, 5.41) is 0. The van der Waals surface area contributed by atoms with Gasteiger partial charge in [-0.05, 0) is 65.5 Å². The van der Waals surface area contributed by atoms with Crippen LogP contribution in [0.25, 0.3) is 17.2 Å². The molecule has 0 bridgehead atoms. The Labute approximate surface area is 170 Å². The van der Waals surface area contributed by atoms with Gasteiger partial charge < -0.3 is 0 Å². The quantitative estimate of drug-likeness (QED) is 0.343. The number of carbonyl (C=O) groups excluding carboxylic acids is 1. The molecule has 1 aliphatic carbocycles. The Kier molecular flexibility index (Phi) is 7.65. The van der Waals surface area contributed by atoms with Crippen molar-refractivity contribution in [2.24, 2.45) is 5.92 Å². The highest BCUT2D eigenvalue weighted by atomic mass is 16.1. The minimum Gasteiger partial charge on any atom is -0.295 e. The van der Waals surface area contributed by atoms with Gasteiger partial charge in [-0.1, -0.05) is 88.1 Å². The van der Waals surface area contributed by atoms with E-state index in [1.807, 2.05) is 0 Å². The first-order valence-corrected chi connectivity index (χ1v) is 11.1. The largest absolute Gasteiger partial charge is 0.295 e. The zero-order valence-corrected chi connectivity index (χ0v) is 17.5. The number of carbonyl (C=O) groups is 1. The molecule has 0 aromatic heterocycles. The van der Waals surface area contributed by atoms with E-state index < -0.39 is 0 Å². The monoisotopic (exact) mass is 374 g/mol. The molecule has 0 unspecified atom stereocenters. The third kappa shape index (κ3) is 5.92. The minimum atomic E-state index is 0.327. The molecule has 1 nitrogen and oxygen atoms in total. The lowest BCUT2D eigenvalue weighted by Gasteiger charge is -2.19. The lowest BCUT2D eigenvalue weighted by Crippen LogP contribution is -2.15. The smallest absolute Gasteiger partial charge is 0.159 e. The van der Waals surface area contributed by atoms with Crippen LogP contribution in [-0.4, -0.2) is 5.78 Å². The van der Waals surface area contributed by atoms with E-state index in [1.165, 1.54) is 55.2 Å². The van der Waals surface area contributed by atoms with E-state index in [4.69, 9.17) is 0 Å². The van der Waals surface area contributed by atoms with Crippen molar-refractivity contribution >= 4 is 11.9 Å². The normalized spacial score (nSPS) is 18.6. The van der Waals surface area contributed by atoms with E-state index in [2.05, 4.69) is 68.5 Å². The lowest BCUT2D eigenvalue weighted by atomic mass is 9.85. The molecule has 0 N–H and O–H groups in total. The van der Waals surface area contributed by atoms with Crippen molar-refractivity contribution in [1.29, 1.82) is 0 Å². The van der Waals surface area contributed by atoms with Gasteiger partial charge >= 0.3 is 0 Å². The summed E-state index contributed by atoms with van der Waals surface area (Å²) in [4.78, 5) is 12.2. The van der Waals surface area contributed by atoms with Crippen LogP contribution >= 0.6 is 0 Å². The second kappa shape index (κ2) is 10.4. The maximum Gasteiger partial charge on any atom is 0.159 e. The van der Waals surface area contributed by atoms with Gasteiger partial charge in [-0.3, -0.25) is 4.79 Å². The summed E-state index contributed by atoms with van der Waals surface area (Å²) in [7, 11) is 0. The highest BCUT2D eigenvalue weighted by Crippen LogP contribution is 2.27. The molecule has 1 fully saturated rings. The average Bonchev–Trinajstić information content (AvgIpc) is 2.71. The van der Waals surface area contributed by atoms with Gasteiger partial charge in [0.15, 0.2) is 5.78 Å². The van der Waals surface area contributed by atoms with Crippen LogP contribution in [0.15, 0.2) is 54.1 Å². The van der Waals surface area contributed by atoms with Gasteiger partial charge in [0.05, 0.1) is 0 Å². The van der Waals surface area contributed by atoms with Crippen LogP contribution in [0.3, 0.4) is 0 Å². The Bertz CT molecular complexity index is 780. The number of hydrogen-bond acceptors (Lipinski definition) is 1. The van der Waals surface area contributed by atoms with Gasteiger partial charge in [0.2, 0.25) is 0 Å². The third-order valence-corrected chi connectivity index (χ3v) is 5.91. The molecule has 3 rings (SSSR count). The van der Waals surface area contributed by atoms with Crippen LogP contribution in [0, 0.1) is 5.92 Å². The predicted molar refractivity (Wildman–Crippen MR) is 120 cm³/mol. The molecule has 1 saturated carbocycles. The first kappa shape index (κ1) is 20.6. The molecule has 2 aromatic carbocycles. The molecule has 0 saturated heterocycles. The maximum absolute atomic E-state index is 12.2. The molecule has 0 amide bonds. The summed E-state index contributed by atoms with van der Waals surface area (Å²) in [6.45, 7) is 4.43. The summed E-state index contributed by atoms with van der Waals surface area (Å²) in [5.41, 5.74) is 6.06. The second-order valence-electron chi connectivity index (χ2n) is 8.42. The molecule has 0 radical (unpaired) electrons. The van der Waals surface area contributed by atoms with Crippen LogP contribution in [0.2, 0.25) is 0 Å². The summed E-state index contributed by atoms with van der Waals surface area (Å²) >= 11 is 0. The molecular formula is C27H34O. The van der Waals surface area contributed by atoms with Crippen LogP contribution in [0.5, 0.6) is 0 Å². The molecule has 0 heterocycles. The lowest BCUT2D eigenvalue weighted by molar-refractivity contribution is -0.117. The number of allylic oxidation sites excluding steroid dienone is 1. The van der Waals surface area contributed by atoms with Crippen molar-refractivity contribution < 1.29 is 4.79 Å². The molecule has 1 atom stereocenters. The summed E-state index contributed by atoms with van der Waals surface area (Å²) in [6, 6.07) is 17.6. The van der Waals surface area contributed by atoms with Gasteiger partial charge in [0, 0.05) is 6.42 Å². The van der Waals surface area contributed by atoms with Crippen molar-refractivity contribution in [3.05, 3.63) is 65.2 Å². The number of benzene rings is 2. The molecule has 2 aromatic rings. The van der Waals surface area contributed by atoms with Gasteiger partial charge in [0.1, 0.15) is 0 Å². The number of unbranched alkanes of at least 4 members (excludes halogenated alkanes) is 4. The standard InChI is InChI=1S/C27H34O/c1-3-4-5-6-7-8-22-10-15-24(16-11-22)25-17-12-23(13-18-25)20-26-14-9-21(2)19-27(26)28/h10-13,15-18,20-21H,3-9,14,19H2,1-2H3/b26-20-/t21-/m1/s1. The zero-order chi connectivity index (χ0) is 19.8. The molecule has 0 aliphatic heterocycles. The molecule has 0 spiro atoms. The fourth-order valence-corrected chi connectivity index (χ4v) is 4.01. The van der Waals surface area contributed by atoms with E-state index in [9.17, 15) is 4.79 Å². The highest BCUT2D eigenvalue weighted by molar-refractivity contribution is 6.00. The van der Waals surface area contributed by atoms with Crippen molar-refractivity contribution in [3.63, 3.8) is 0 Å². The van der Waals surface area contributed by atoms with Crippen molar-refractivity contribution in [2.45, 2.75) is 71.6 Å². The molecular weight excluding hydrogens is 340 g/mol. The Morgan fingerprint density at radius 1 is 0.893 bits per heavy atom. The fourth-order valence-electron chi connectivity index (χ4n) is 4.01. The second-order valence-corrected chi connectivity index (χ2v) is 8.42. The average molecular weight is 375 g/mol. The molecule has 148 valence electrons. The fraction of sp³-hybridized carbons (Fsp3) is 0.444. The number of hydrogen-bond donors (Lipinski definition) is 0. The van der Waals surface area contributed by atoms with E-state index >= 15 is 0 Å². The summed E-state index contributed by atoms with van der Waals surface area (Å²) in [5.74, 6) is 0.861. The zero-order valence-electron chi connectivity index (χ0n) is 17.5. The first-order valence-electron chi connectivity index (χ1n) is 11.1. The van der Waals surface area contributed by atoms with E-state index in [0.29, 0.717) is 18.1 Å². The number of Topliss-reactive ketones (excluding diaryl/α,β-unsaturated/α-hetero) is 1. The highest BCUT2D eigenvalue weighted by Gasteiger charge is 2.20. The number of rotatable bonds is 8. The number of aryl methyl sites for hydroxylation is 1. The SMILES string of the molecule is CCCCCCCc1ccc(-c2ccc(/C=C3/CC[C@@H](C)CC3=O)cc2)cc1. The Balaban J connectivity index is 1.58. The molecule has 1 heteroatoms. The Morgan fingerprint density at radius 2 is 1.54 bits per heavy atom. The first-order chi connectivity index (χ1) is 13.7. The van der Waals surface area contributed by atoms with Crippen LogP contribution in [0.1, 0.15) is 76.3 Å². The van der Waals surface area contributed by atoms with Crippen molar-refractivity contribution in [2.75, 3.05) is 0 Å². The van der Waals surface area contributed by atoms with Crippen molar-refractivity contribution in [1.82, 2.24) is 0 Å². The van der Waals surface area contributed by atoms with Crippen LogP contribution in [-0.2, 0) is 11.2 Å². The topological polar surface area (TPSA) is 17.1 Å². The predicted octanol–water partition coefficient (Wildman–Crippen LogP) is 7.64. The van der Waals surface area contributed by atoms with Crippen LogP contribution in [0.4, 0.5) is 0 Å². The Hall–Kier alpha value is -2.15. The third-order valence-electron chi connectivity index (χ3n) is 5.91. The van der Waals surface area contributed by atoms with Gasteiger partial charge in [0.25, 0.3) is 0 Å². The van der Waals surface area contributed by atoms with Crippen LogP contribution < -0.4 is 0 Å². The summed E-state index contributed by atoms with van der Waals surface area (Å²) in [6.07, 6.45) is 12.7. The summed E-state index contributed by atoms with van der Waals surface area (Å²) < 4.78 is 0. The van der Waals surface area contributed by atoms with E-state index in [0.717, 1.165) is 24.0 Å². The molecule has 28 heavy (non-hydrogen) atoms. The maximum atomic E-state index is 12.2. The minimum absolute atomic E-state index is 0.327. The molecule has 1 aliphatic rings. The number of ketones is 1. The van der Waals surface area contributed by atoms with Gasteiger partial charge in [-0.2, -0.15) is 0 Å². The van der Waals surface area contributed by atoms with E-state index in [1.54, 1.807) is 0 Å². The van der Waals surface area contributed by atoms with Gasteiger partial charge in [-0.25, -0.2) is 0 Å². The van der Waals surface area contributed by atoms with E-state index in [-0.39, 0.29) is 0 Å². The van der Waals surface area contributed by atoms with Crippen molar-refractivity contribution in [3.8, 4) is 11.1 Å².